The number of rotatable bonds is 6. The highest BCUT2D eigenvalue weighted by atomic mass is 35.5. The van der Waals surface area contributed by atoms with Gasteiger partial charge in [-0.2, -0.15) is 5.26 Å². The van der Waals surface area contributed by atoms with Crippen molar-refractivity contribution in [2.45, 2.75) is 12.8 Å². The molecule has 3 rings (SSSR count). The first-order valence-electron chi connectivity index (χ1n) is 9.62. The maximum atomic E-state index is 12.8. The number of halogens is 1. The lowest BCUT2D eigenvalue weighted by Gasteiger charge is -2.30. The van der Waals surface area contributed by atoms with Crippen LogP contribution in [0.2, 0.25) is 5.02 Å². The van der Waals surface area contributed by atoms with Crippen LogP contribution in [0.4, 0.5) is 5.69 Å². The SMILES string of the molecule is COC(=O)[C@@H]1C(=O)NC(SCC(=O)Nc2cc(Cl)ccc2C)=C(C#N)[C@@H]1c1ccccc1. The Labute approximate surface area is 194 Å². The first-order chi connectivity index (χ1) is 15.3. The van der Waals surface area contributed by atoms with Crippen molar-refractivity contribution < 1.29 is 19.1 Å². The van der Waals surface area contributed by atoms with Gasteiger partial charge in [0.1, 0.15) is 5.92 Å². The summed E-state index contributed by atoms with van der Waals surface area (Å²) in [6.45, 7) is 1.84. The number of carbonyl (C=O) groups is 3. The van der Waals surface area contributed by atoms with E-state index in [1.165, 1.54) is 7.11 Å². The van der Waals surface area contributed by atoms with Crippen LogP contribution in [0.3, 0.4) is 0 Å². The standard InChI is InChI=1S/C23H20ClN3O4S/c1-13-8-9-15(24)10-17(13)26-18(28)12-32-22-16(11-25)19(14-6-4-3-5-7-14)20(21(29)27-22)23(30)31-2/h3-10,19-20H,12H2,1-2H3,(H,26,28)(H,27,29)/t19-,20-/m0/s1. The van der Waals surface area contributed by atoms with Gasteiger partial charge in [-0.1, -0.05) is 59.8 Å². The van der Waals surface area contributed by atoms with E-state index < -0.39 is 23.7 Å². The van der Waals surface area contributed by atoms with Gasteiger partial charge in [0, 0.05) is 16.6 Å². The first kappa shape index (κ1) is 23.4. The van der Waals surface area contributed by atoms with Crippen molar-refractivity contribution in [1.29, 1.82) is 5.26 Å². The maximum Gasteiger partial charge on any atom is 0.319 e. The highest BCUT2D eigenvalue weighted by Gasteiger charge is 2.44. The molecule has 2 atom stereocenters. The Morgan fingerprint density at radius 2 is 1.97 bits per heavy atom. The van der Waals surface area contributed by atoms with Crippen LogP contribution in [0.1, 0.15) is 17.0 Å². The molecule has 164 valence electrons. The van der Waals surface area contributed by atoms with Gasteiger partial charge in [-0.05, 0) is 30.2 Å². The molecule has 1 heterocycles. The number of ether oxygens (including phenoxy) is 1. The monoisotopic (exact) mass is 469 g/mol. The molecule has 9 heteroatoms. The molecule has 1 aliphatic heterocycles. The quantitative estimate of drug-likeness (QED) is 0.492. The van der Waals surface area contributed by atoms with Crippen molar-refractivity contribution in [3.05, 3.63) is 75.3 Å². The number of allylic oxidation sites excluding steroid dienone is 1. The van der Waals surface area contributed by atoms with E-state index in [2.05, 4.69) is 16.7 Å². The predicted molar refractivity (Wildman–Crippen MR) is 123 cm³/mol. The van der Waals surface area contributed by atoms with Gasteiger partial charge in [0.05, 0.1) is 29.5 Å². The van der Waals surface area contributed by atoms with Crippen molar-refractivity contribution in [1.82, 2.24) is 5.32 Å². The largest absolute Gasteiger partial charge is 0.468 e. The summed E-state index contributed by atoms with van der Waals surface area (Å²) in [6.07, 6.45) is 0. The summed E-state index contributed by atoms with van der Waals surface area (Å²) in [7, 11) is 1.19. The molecule has 0 radical (unpaired) electrons. The van der Waals surface area contributed by atoms with Crippen LogP contribution in [0, 0.1) is 24.2 Å². The molecule has 2 aromatic carbocycles. The summed E-state index contributed by atoms with van der Waals surface area (Å²) in [5, 5.41) is 16.0. The van der Waals surface area contributed by atoms with Gasteiger partial charge in [0.2, 0.25) is 11.8 Å². The summed E-state index contributed by atoms with van der Waals surface area (Å²) in [4.78, 5) is 37.6. The van der Waals surface area contributed by atoms with E-state index in [9.17, 15) is 19.6 Å². The van der Waals surface area contributed by atoms with Crippen LogP contribution >= 0.6 is 23.4 Å². The molecule has 0 fully saturated rings. The Morgan fingerprint density at radius 3 is 2.62 bits per heavy atom. The minimum absolute atomic E-state index is 0.0584. The van der Waals surface area contributed by atoms with Crippen LogP contribution in [-0.2, 0) is 19.1 Å². The lowest BCUT2D eigenvalue weighted by Crippen LogP contribution is -2.44. The fraction of sp³-hybridized carbons (Fsp3) is 0.217. The lowest BCUT2D eigenvalue weighted by atomic mass is 9.78. The fourth-order valence-electron chi connectivity index (χ4n) is 3.39. The summed E-state index contributed by atoms with van der Waals surface area (Å²) < 4.78 is 4.81. The molecule has 0 aliphatic carbocycles. The third-order valence-electron chi connectivity index (χ3n) is 4.96. The highest BCUT2D eigenvalue weighted by molar-refractivity contribution is 8.03. The van der Waals surface area contributed by atoms with Crippen molar-refractivity contribution in [2.75, 3.05) is 18.2 Å². The number of esters is 1. The number of nitrogens with zero attached hydrogens (tertiary/aromatic N) is 1. The number of aryl methyl sites for hydroxylation is 1. The van der Waals surface area contributed by atoms with Crippen molar-refractivity contribution in [3.8, 4) is 6.07 Å². The van der Waals surface area contributed by atoms with Crippen LogP contribution < -0.4 is 10.6 Å². The molecule has 2 aromatic rings. The van der Waals surface area contributed by atoms with E-state index >= 15 is 0 Å². The van der Waals surface area contributed by atoms with Crippen molar-refractivity contribution in [2.24, 2.45) is 5.92 Å². The number of methoxy groups -OCH3 is 1. The molecule has 2 amide bonds. The average molecular weight is 470 g/mol. The summed E-state index contributed by atoms with van der Waals surface area (Å²) in [6, 6.07) is 16.1. The normalized spacial score (nSPS) is 17.9. The van der Waals surface area contributed by atoms with E-state index in [0.29, 0.717) is 16.3 Å². The van der Waals surface area contributed by atoms with Gasteiger partial charge < -0.3 is 15.4 Å². The molecule has 0 saturated heterocycles. The number of anilines is 1. The van der Waals surface area contributed by atoms with Crippen molar-refractivity contribution >= 4 is 46.8 Å². The zero-order chi connectivity index (χ0) is 23.3. The maximum absolute atomic E-state index is 12.8. The second-order valence-electron chi connectivity index (χ2n) is 7.03. The molecule has 1 aliphatic rings. The second-order valence-corrected chi connectivity index (χ2v) is 8.45. The zero-order valence-corrected chi connectivity index (χ0v) is 18.9. The molecular formula is C23H20ClN3O4S. The minimum atomic E-state index is -1.20. The smallest absolute Gasteiger partial charge is 0.319 e. The fourth-order valence-corrected chi connectivity index (χ4v) is 4.41. The molecule has 2 N–H and O–H groups in total. The predicted octanol–water partition coefficient (Wildman–Crippen LogP) is 3.76. The van der Waals surface area contributed by atoms with Gasteiger partial charge >= 0.3 is 5.97 Å². The Balaban J connectivity index is 1.87. The van der Waals surface area contributed by atoms with Gasteiger partial charge in [-0.15, -0.1) is 0 Å². The Hall–Kier alpha value is -3.28. The molecule has 0 aromatic heterocycles. The molecule has 0 bridgehead atoms. The molecule has 0 saturated carbocycles. The minimum Gasteiger partial charge on any atom is -0.468 e. The Morgan fingerprint density at radius 1 is 1.25 bits per heavy atom. The van der Waals surface area contributed by atoms with E-state index in [4.69, 9.17) is 16.3 Å². The number of nitriles is 1. The summed E-state index contributed by atoms with van der Waals surface area (Å²) >= 11 is 7.01. The summed E-state index contributed by atoms with van der Waals surface area (Å²) in [5.74, 6) is -3.73. The third-order valence-corrected chi connectivity index (χ3v) is 6.22. The van der Waals surface area contributed by atoms with Crippen LogP contribution in [0.5, 0.6) is 0 Å². The van der Waals surface area contributed by atoms with Gasteiger partial charge in [0.15, 0.2) is 0 Å². The Kier molecular flexibility index (Phi) is 7.57. The number of hydrogen-bond donors (Lipinski definition) is 2. The highest BCUT2D eigenvalue weighted by Crippen LogP contribution is 2.40. The lowest BCUT2D eigenvalue weighted by molar-refractivity contribution is -0.150. The number of amides is 2. The number of carbonyl (C=O) groups excluding carboxylic acids is 3. The average Bonchev–Trinajstić information content (AvgIpc) is 2.79. The first-order valence-corrected chi connectivity index (χ1v) is 11.0. The topological polar surface area (TPSA) is 108 Å². The zero-order valence-electron chi connectivity index (χ0n) is 17.3. The molecule has 32 heavy (non-hydrogen) atoms. The Bertz CT molecular complexity index is 1130. The van der Waals surface area contributed by atoms with Crippen LogP contribution in [-0.4, -0.2) is 30.6 Å². The van der Waals surface area contributed by atoms with Crippen molar-refractivity contribution in [3.63, 3.8) is 0 Å². The van der Waals surface area contributed by atoms with Gasteiger partial charge in [-0.25, -0.2) is 0 Å². The molecule has 7 nitrogen and oxygen atoms in total. The van der Waals surface area contributed by atoms with Crippen LogP contribution in [0.15, 0.2) is 59.1 Å². The molecule has 0 spiro atoms. The number of nitrogens with one attached hydrogen (secondary N) is 2. The van der Waals surface area contributed by atoms with Gasteiger partial charge in [-0.3, -0.25) is 14.4 Å². The summed E-state index contributed by atoms with van der Waals surface area (Å²) in [5.41, 5.74) is 2.26. The number of hydrogen-bond acceptors (Lipinski definition) is 6. The third kappa shape index (κ3) is 5.13. The van der Waals surface area contributed by atoms with E-state index in [1.807, 2.05) is 6.92 Å². The second kappa shape index (κ2) is 10.4. The molecular weight excluding hydrogens is 450 g/mol. The number of benzene rings is 2. The van der Waals surface area contributed by atoms with Gasteiger partial charge in [0.25, 0.3) is 0 Å². The number of thioether (sulfide) groups is 1. The molecule has 0 unspecified atom stereocenters. The van der Waals surface area contributed by atoms with E-state index in [-0.39, 0.29) is 22.3 Å². The van der Waals surface area contributed by atoms with E-state index in [1.54, 1.807) is 48.5 Å². The van der Waals surface area contributed by atoms with Crippen LogP contribution in [0.25, 0.3) is 0 Å². The van der Waals surface area contributed by atoms with E-state index in [0.717, 1.165) is 17.3 Å².